The second-order valence-electron chi connectivity index (χ2n) is 6.61. The van der Waals surface area contributed by atoms with Gasteiger partial charge in [0.1, 0.15) is 0 Å². The van der Waals surface area contributed by atoms with Crippen molar-refractivity contribution in [2.45, 2.75) is 26.3 Å². The summed E-state index contributed by atoms with van der Waals surface area (Å²) in [6, 6.07) is 14.0. The summed E-state index contributed by atoms with van der Waals surface area (Å²) in [7, 11) is 0. The minimum absolute atomic E-state index is 0.0132. The van der Waals surface area contributed by atoms with Gasteiger partial charge in [-0.25, -0.2) is 0 Å². The maximum Gasteiger partial charge on any atom is 0.228 e. The van der Waals surface area contributed by atoms with E-state index in [0.717, 1.165) is 48.2 Å². The first-order valence-electron chi connectivity index (χ1n) is 8.55. The van der Waals surface area contributed by atoms with Crippen LogP contribution in [0.5, 0.6) is 0 Å². The van der Waals surface area contributed by atoms with E-state index in [1.54, 1.807) is 0 Å². The molecule has 3 nitrogen and oxygen atoms in total. The maximum absolute atomic E-state index is 12.7. The fourth-order valence-electron chi connectivity index (χ4n) is 3.28. The van der Waals surface area contributed by atoms with Gasteiger partial charge in [-0.3, -0.25) is 9.69 Å². The Morgan fingerprint density at radius 3 is 2.92 bits per heavy atom. The van der Waals surface area contributed by atoms with E-state index in [0.29, 0.717) is 5.02 Å². The Morgan fingerprint density at radius 1 is 1.32 bits per heavy atom. The highest BCUT2D eigenvalue weighted by atomic mass is 79.9. The molecule has 2 aromatic carbocycles. The van der Waals surface area contributed by atoms with Crippen LogP contribution in [0.25, 0.3) is 0 Å². The van der Waals surface area contributed by atoms with Gasteiger partial charge in [0, 0.05) is 28.3 Å². The number of benzene rings is 2. The van der Waals surface area contributed by atoms with Crippen LogP contribution in [0.15, 0.2) is 46.9 Å². The first-order valence-corrected chi connectivity index (χ1v) is 9.73. The average molecular weight is 422 g/mol. The molecule has 1 unspecified atom stereocenters. The highest BCUT2D eigenvalue weighted by Crippen LogP contribution is 2.25. The van der Waals surface area contributed by atoms with E-state index in [1.165, 1.54) is 5.56 Å². The van der Waals surface area contributed by atoms with E-state index >= 15 is 0 Å². The zero-order valence-corrected chi connectivity index (χ0v) is 16.6. The summed E-state index contributed by atoms with van der Waals surface area (Å²) in [5.74, 6) is 0.101. The Labute approximate surface area is 162 Å². The quantitative estimate of drug-likeness (QED) is 0.730. The molecule has 0 radical (unpaired) electrons. The van der Waals surface area contributed by atoms with Crippen molar-refractivity contribution < 1.29 is 4.79 Å². The number of likely N-dealkylation sites (tertiary alicyclic amines) is 1. The second-order valence-corrected chi connectivity index (χ2v) is 7.93. The van der Waals surface area contributed by atoms with Gasteiger partial charge in [-0.1, -0.05) is 45.7 Å². The smallest absolute Gasteiger partial charge is 0.228 e. The van der Waals surface area contributed by atoms with E-state index in [9.17, 15) is 4.79 Å². The molecule has 1 heterocycles. The Balaban J connectivity index is 1.62. The SMILES string of the molecule is Cc1c(Cl)cccc1NC(=O)C1CCCN(Cc2cccc(Br)c2)C1. The molecule has 0 saturated carbocycles. The lowest BCUT2D eigenvalue weighted by atomic mass is 9.96. The standard InChI is InChI=1S/C20H22BrClN2O/c1-14-18(22)8-3-9-19(14)23-20(25)16-6-4-10-24(13-16)12-15-5-2-7-17(21)11-15/h2-3,5,7-9,11,16H,4,6,10,12-13H2,1H3,(H,23,25). The Hall–Kier alpha value is -1.36. The van der Waals surface area contributed by atoms with Gasteiger partial charge in [0.05, 0.1) is 5.92 Å². The third kappa shape index (κ3) is 4.84. The third-order valence-electron chi connectivity index (χ3n) is 4.70. The second kappa shape index (κ2) is 8.35. The summed E-state index contributed by atoms with van der Waals surface area (Å²) >= 11 is 9.66. The summed E-state index contributed by atoms with van der Waals surface area (Å²) in [6.45, 7) is 4.63. The largest absolute Gasteiger partial charge is 0.326 e. The zero-order chi connectivity index (χ0) is 17.8. The van der Waals surface area contributed by atoms with Crippen molar-refractivity contribution in [2.24, 2.45) is 5.92 Å². The number of rotatable bonds is 4. The fourth-order valence-corrected chi connectivity index (χ4v) is 3.91. The lowest BCUT2D eigenvalue weighted by Gasteiger charge is -2.32. The molecule has 1 aliphatic rings. The molecule has 3 rings (SSSR count). The number of nitrogens with zero attached hydrogens (tertiary/aromatic N) is 1. The Morgan fingerprint density at radius 2 is 2.12 bits per heavy atom. The maximum atomic E-state index is 12.7. The molecule has 0 spiro atoms. The van der Waals surface area contributed by atoms with Crippen molar-refractivity contribution in [1.82, 2.24) is 4.90 Å². The fraction of sp³-hybridized carbons (Fsp3) is 0.350. The normalized spacial score (nSPS) is 18.1. The van der Waals surface area contributed by atoms with Gasteiger partial charge in [0.2, 0.25) is 5.91 Å². The highest BCUT2D eigenvalue weighted by Gasteiger charge is 2.26. The summed E-state index contributed by atoms with van der Waals surface area (Å²) in [6.07, 6.45) is 1.97. The summed E-state index contributed by atoms with van der Waals surface area (Å²) in [5, 5.41) is 3.74. The molecule has 5 heteroatoms. The minimum atomic E-state index is 0.0132. The monoisotopic (exact) mass is 420 g/mol. The van der Waals surface area contributed by atoms with Crippen LogP contribution in [0.4, 0.5) is 5.69 Å². The van der Waals surface area contributed by atoms with Gasteiger partial charge in [0.25, 0.3) is 0 Å². The average Bonchev–Trinajstić information content (AvgIpc) is 2.59. The van der Waals surface area contributed by atoms with Gasteiger partial charge in [0.15, 0.2) is 0 Å². The molecular weight excluding hydrogens is 400 g/mol. The summed E-state index contributed by atoms with van der Waals surface area (Å²) in [5.41, 5.74) is 2.99. The number of hydrogen-bond donors (Lipinski definition) is 1. The predicted molar refractivity (Wildman–Crippen MR) is 107 cm³/mol. The molecule has 1 amide bonds. The zero-order valence-electron chi connectivity index (χ0n) is 14.3. The van der Waals surface area contributed by atoms with Gasteiger partial charge in [-0.2, -0.15) is 0 Å². The molecule has 0 aliphatic carbocycles. The highest BCUT2D eigenvalue weighted by molar-refractivity contribution is 9.10. The van der Waals surface area contributed by atoms with Gasteiger partial charge < -0.3 is 5.32 Å². The minimum Gasteiger partial charge on any atom is -0.326 e. The molecule has 0 aromatic heterocycles. The third-order valence-corrected chi connectivity index (χ3v) is 5.60. The van der Waals surface area contributed by atoms with Gasteiger partial charge >= 0.3 is 0 Å². The van der Waals surface area contributed by atoms with Crippen LogP contribution in [0.2, 0.25) is 5.02 Å². The van der Waals surface area contributed by atoms with E-state index in [-0.39, 0.29) is 11.8 Å². The number of carbonyl (C=O) groups is 1. The Kier molecular flexibility index (Phi) is 6.15. The summed E-state index contributed by atoms with van der Waals surface area (Å²) < 4.78 is 1.09. The first-order chi connectivity index (χ1) is 12.0. The number of amides is 1. The van der Waals surface area contributed by atoms with Gasteiger partial charge in [-0.15, -0.1) is 0 Å². The molecule has 0 bridgehead atoms. The van der Waals surface area contributed by atoms with Crippen LogP contribution < -0.4 is 5.32 Å². The number of piperidine rings is 1. The topological polar surface area (TPSA) is 32.3 Å². The molecule has 132 valence electrons. The lowest BCUT2D eigenvalue weighted by molar-refractivity contribution is -0.121. The summed E-state index contributed by atoms with van der Waals surface area (Å²) in [4.78, 5) is 15.1. The van der Waals surface area contributed by atoms with Crippen molar-refractivity contribution in [3.05, 3.63) is 63.1 Å². The number of halogens is 2. The first kappa shape index (κ1) is 18.4. The van der Waals surface area contributed by atoms with Crippen LogP contribution in [0.3, 0.4) is 0 Å². The van der Waals surface area contributed by atoms with E-state index in [1.807, 2.05) is 31.2 Å². The van der Waals surface area contributed by atoms with Crippen molar-refractivity contribution >= 4 is 39.1 Å². The molecule has 1 atom stereocenters. The number of anilines is 1. The molecule has 1 N–H and O–H groups in total. The molecule has 25 heavy (non-hydrogen) atoms. The van der Waals surface area contributed by atoms with E-state index < -0.39 is 0 Å². The van der Waals surface area contributed by atoms with Crippen molar-refractivity contribution in [2.75, 3.05) is 18.4 Å². The van der Waals surface area contributed by atoms with Crippen molar-refractivity contribution in [1.29, 1.82) is 0 Å². The van der Waals surface area contributed by atoms with Gasteiger partial charge in [-0.05, 0) is 61.7 Å². The molecule has 2 aromatic rings. The van der Waals surface area contributed by atoms with Crippen LogP contribution >= 0.6 is 27.5 Å². The van der Waals surface area contributed by atoms with Crippen molar-refractivity contribution in [3.8, 4) is 0 Å². The number of carbonyl (C=O) groups excluding carboxylic acids is 1. The van der Waals surface area contributed by atoms with E-state index in [4.69, 9.17) is 11.6 Å². The van der Waals surface area contributed by atoms with Crippen molar-refractivity contribution in [3.63, 3.8) is 0 Å². The predicted octanol–water partition coefficient (Wildman–Crippen LogP) is 5.26. The number of hydrogen-bond acceptors (Lipinski definition) is 2. The van der Waals surface area contributed by atoms with Crippen LogP contribution in [-0.2, 0) is 11.3 Å². The van der Waals surface area contributed by atoms with Crippen LogP contribution in [0, 0.1) is 12.8 Å². The molecule has 1 aliphatic heterocycles. The van der Waals surface area contributed by atoms with Crippen LogP contribution in [-0.4, -0.2) is 23.9 Å². The lowest BCUT2D eigenvalue weighted by Crippen LogP contribution is -2.40. The van der Waals surface area contributed by atoms with Crippen LogP contribution in [0.1, 0.15) is 24.0 Å². The molecule has 1 fully saturated rings. The molecular formula is C20H22BrClN2O. The molecule has 1 saturated heterocycles. The Bertz CT molecular complexity index is 765. The van der Waals surface area contributed by atoms with E-state index in [2.05, 4.69) is 44.3 Å². The number of nitrogens with one attached hydrogen (secondary N) is 1.